The predicted molar refractivity (Wildman–Crippen MR) is 70.3 cm³/mol. The van der Waals surface area contributed by atoms with Gasteiger partial charge in [0, 0.05) is 4.70 Å². The van der Waals surface area contributed by atoms with Gasteiger partial charge in [0.2, 0.25) is 0 Å². The number of thiophene rings is 1. The molecule has 2 aromatic rings. The molecule has 98 valence electrons. The molecule has 5 heteroatoms. The van der Waals surface area contributed by atoms with E-state index in [2.05, 4.69) is 5.32 Å². The Balaban J connectivity index is 2.27. The standard InChI is InChI=1S/C13H15F2NOS/c1-2-16-11(13(14)15)12(17)9-4-3-8-5-6-18-10(8)7-9/h3-7,11-13,16-17H,2H2,1H3. The van der Waals surface area contributed by atoms with Gasteiger partial charge in [-0.15, -0.1) is 11.3 Å². The summed E-state index contributed by atoms with van der Waals surface area (Å²) in [5, 5.41) is 15.7. The summed E-state index contributed by atoms with van der Waals surface area (Å²) in [6, 6.07) is 6.06. The molecule has 1 aromatic heterocycles. The van der Waals surface area contributed by atoms with E-state index in [1.54, 1.807) is 19.1 Å². The fourth-order valence-electron chi connectivity index (χ4n) is 1.94. The van der Waals surface area contributed by atoms with Crippen LogP contribution in [-0.2, 0) is 0 Å². The molecule has 0 spiro atoms. The highest BCUT2D eigenvalue weighted by atomic mass is 32.1. The quantitative estimate of drug-likeness (QED) is 0.875. The van der Waals surface area contributed by atoms with Crippen LogP contribution in [0.4, 0.5) is 8.78 Å². The van der Waals surface area contributed by atoms with E-state index in [9.17, 15) is 13.9 Å². The molecule has 18 heavy (non-hydrogen) atoms. The van der Waals surface area contributed by atoms with Gasteiger partial charge in [-0.05, 0) is 35.0 Å². The molecule has 2 nitrogen and oxygen atoms in total. The number of hydrogen-bond acceptors (Lipinski definition) is 3. The van der Waals surface area contributed by atoms with E-state index in [1.165, 1.54) is 11.3 Å². The largest absolute Gasteiger partial charge is 0.387 e. The Morgan fingerprint density at radius 3 is 2.78 bits per heavy atom. The van der Waals surface area contributed by atoms with Gasteiger partial charge in [0.25, 0.3) is 6.43 Å². The molecule has 2 N–H and O–H groups in total. The monoisotopic (exact) mass is 271 g/mol. The molecule has 0 aliphatic heterocycles. The van der Waals surface area contributed by atoms with Crippen LogP contribution in [0.15, 0.2) is 29.6 Å². The lowest BCUT2D eigenvalue weighted by molar-refractivity contribution is 0.0182. The van der Waals surface area contributed by atoms with Gasteiger partial charge < -0.3 is 10.4 Å². The summed E-state index contributed by atoms with van der Waals surface area (Å²) >= 11 is 1.53. The lowest BCUT2D eigenvalue weighted by Crippen LogP contribution is -2.40. The third kappa shape index (κ3) is 2.68. The van der Waals surface area contributed by atoms with Crippen molar-refractivity contribution in [2.45, 2.75) is 25.5 Å². The molecule has 1 aromatic carbocycles. The molecule has 0 fully saturated rings. The number of alkyl halides is 2. The molecule has 0 bridgehead atoms. The van der Waals surface area contributed by atoms with E-state index < -0.39 is 18.6 Å². The van der Waals surface area contributed by atoms with Crippen molar-refractivity contribution < 1.29 is 13.9 Å². The van der Waals surface area contributed by atoms with Crippen molar-refractivity contribution in [3.63, 3.8) is 0 Å². The molecular formula is C13H15F2NOS. The zero-order chi connectivity index (χ0) is 13.1. The normalized spacial score (nSPS) is 15.2. The maximum Gasteiger partial charge on any atom is 0.256 e. The summed E-state index contributed by atoms with van der Waals surface area (Å²) in [6.45, 7) is 2.14. The first-order valence-electron chi connectivity index (χ1n) is 5.80. The number of halogens is 2. The molecule has 0 amide bonds. The van der Waals surface area contributed by atoms with E-state index in [0.717, 1.165) is 10.1 Å². The Kier molecular flexibility index (Phi) is 4.27. The second-order valence-corrected chi connectivity index (χ2v) is 5.03. The van der Waals surface area contributed by atoms with Crippen LogP contribution in [-0.4, -0.2) is 24.1 Å². The Bertz CT molecular complexity index is 514. The van der Waals surface area contributed by atoms with E-state index in [-0.39, 0.29) is 0 Å². The van der Waals surface area contributed by atoms with Crippen LogP contribution in [0.1, 0.15) is 18.6 Å². The van der Waals surface area contributed by atoms with E-state index in [1.807, 2.05) is 17.5 Å². The topological polar surface area (TPSA) is 32.3 Å². The van der Waals surface area contributed by atoms with Crippen LogP contribution in [0, 0.1) is 0 Å². The van der Waals surface area contributed by atoms with Gasteiger partial charge in [-0.25, -0.2) is 8.78 Å². The third-order valence-electron chi connectivity index (χ3n) is 2.87. The van der Waals surface area contributed by atoms with Gasteiger partial charge in [0.1, 0.15) is 0 Å². The molecule has 0 aliphatic carbocycles. The second kappa shape index (κ2) is 5.73. The molecule has 2 rings (SSSR count). The number of fused-ring (bicyclic) bond motifs is 1. The van der Waals surface area contributed by atoms with Crippen molar-refractivity contribution in [3.8, 4) is 0 Å². The van der Waals surface area contributed by atoms with E-state index >= 15 is 0 Å². The van der Waals surface area contributed by atoms with Crippen LogP contribution in [0.5, 0.6) is 0 Å². The van der Waals surface area contributed by atoms with Gasteiger partial charge in [0.05, 0.1) is 12.1 Å². The number of benzene rings is 1. The van der Waals surface area contributed by atoms with Gasteiger partial charge in [-0.1, -0.05) is 19.1 Å². The minimum atomic E-state index is -2.60. The molecular weight excluding hydrogens is 256 g/mol. The lowest BCUT2D eigenvalue weighted by atomic mass is 10.0. The Labute approximate surface area is 108 Å². The molecule has 0 saturated carbocycles. The molecule has 1 heterocycles. The Morgan fingerprint density at radius 1 is 1.33 bits per heavy atom. The average molecular weight is 271 g/mol. The predicted octanol–water partition coefficient (Wildman–Crippen LogP) is 3.18. The minimum absolute atomic E-state index is 0.396. The van der Waals surface area contributed by atoms with Crippen molar-refractivity contribution in [1.82, 2.24) is 5.32 Å². The van der Waals surface area contributed by atoms with Crippen LogP contribution in [0.2, 0.25) is 0 Å². The van der Waals surface area contributed by atoms with Crippen LogP contribution < -0.4 is 5.32 Å². The van der Waals surface area contributed by atoms with Gasteiger partial charge in [0.15, 0.2) is 0 Å². The maximum atomic E-state index is 12.9. The number of aliphatic hydroxyl groups excluding tert-OH is 1. The Morgan fingerprint density at radius 2 is 2.11 bits per heavy atom. The summed E-state index contributed by atoms with van der Waals surface area (Å²) in [5.41, 5.74) is 0.524. The lowest BCUT2D eigenvalue weighted by Gasteiger charge is -2.23. The van der Waals surface area contributed by atoms with Gasteiger partial charge in [-0.2, -0.15) is 0 Å². The smallest absolute Gasteiger partial charge is 0.256 e. The van der Waals surface area contributed by atoms with Crippen molar-refractivity contribution >= 4 is 21.4 Å². The molecule has 2 unspecified atom stereocenters. The summed E-state index contributed by atoms with van der Waals surface area (Å²) in [4.78, 5) is 0. The molecule has 2 atom stereocenters. The number of aliphatic hydroxyl groups is 1. The minimum Gasteiger partial charge on any atom is -0.387 e. The summed E-state index contributed by atoms with van der Waals surface area (Å²) in [6.07, 6.45) is -3.80. The first-order chi connectivity index (χ1) is 8.63. The van der Waals surface area contributed by atoms with Crippen molar-refractivity contribution in [2.75, 3.05) is 6.54 Å². The fourth-order valence-corrected chi connectivity index (χ4v) is 2.77. The van der Waals surface area contributed by atoms with Crippen molar-refractivity contribution in [2.24, 2.45) is 0 Å². The highest BCUT2D eigenvalue weighted by Gasteiger charge is 2.28. The third-order valence-corrected chi connectivity index (χ3v) is 3.75. The number of rotatable bonds is 5. The van der Waals surface area contributed by atoms with Gasteiger partial charge >= 0.3 is 0 Å². The SMILES string of the molecule is CCNC(C(F)F)C(O)c1ccc2ccsc2c1. The van der Waals surface area contributed by atoms with Crippen molar-refractivity contribution in [1.29, 1.82) is 0 Å². The summed E-state index contributed by atoms with van der Waals surface area (Å²) in [7, 11) is 0. The first kappa shape index (κ1) is 13.4. The molecule has 0 saturated heterocycles. The average Bonchev–Trinajstić information content (AvgIpc) is 2.81. The van der Waals surface area contributed by atoms with Crippen LogP contribution >= 0.6 is 11.3 Å². The van der Waals surface area contributed by atoms with Crippen molar-refractivity contribution in [3.05, 3.63) is 35.2 Å². The van der Waals surface area contributed by atoms with Crippen LogP contribution in [0.3, 0.4) is 0 Å². The van der Waals surface area contributed by atoms with E-state index in [0.29, 0.717) is 12.1 Å². The molecule has 0 radical (unpaired) electrons. The highest BCUT2D eigenvalue weighted by molar-refractivity contribution is 7.17. The number of hydrogen-bond donors (Lipinski definition) is 2. The molecule has 0 aliphatic rings. The number of nitrogens with one attached hydrogen (secondary N) is 1. The number of likely N-dealkylation sites (N-methyl/N-ethyl adjacent to an activating group) is 1. The first-order valence-corrected chi connectivity index (χ1v) is 6.68. The Hall–Kier alpha value is -1.04. The second-order valence-electron chi connectivity index (χ2n) is 4.08. The fraction of sp³-hybridized carbons (Fsp3) is 0.385. The maximum absolute atomic E-state index is 12.9. The zero-order valence-corrected chi connectivity index (χ0v) is 10.8. The van der Waals surface area contributed by atoms with Crippen LogP contribution in [0.25, 0.3) is 10.1 Å². The summed E-state index contributed by atoms with van der Waals surface area (Å²) in [5.74, 6) is 0. The van der Waals surface area contributed by atoms with Gasteiger partial charge in [-0.3, -0.25) is 0 Å². The zero-order valence-electron chi connectivity index (χ0n) is 9.94. The highest BCUT2D eigenvalue weighted by Crippen LogP contribution is 2.27. The summed E-state index contributed by atoms with van der Waals surface area (Å²) < 4.78 is 26.7. The van der Waals surface area contributed by atoms with E-state index in [4.69, 9.17) is 0 Å².